The number of hydrogen-bond donors (Lipinski definition) is 1. The van der Waals surface area contributed by atoms with Gasteiger partial charge in [0.05, 0.1) is 12.3 Å². The molecule has 1 N–H and O–H groups in total. The van der Waals surface area contributed by atoms with Crippen LogP contribution in [0.25, 0.3) is 11.3 Å². The molecule has 0 atom stereocenters. The molecule has 0 fully saturated rings. The Morgan fingerprint density at radius 3 is 2.32 bits per heavy atom. The Hall–Kier alpha value is -2.56. The number of nitrogens with zero attached hydrogens (tertiary/aromatic N) is 1. The molecule has 2 aromatic rings. The van der Waals surface area contributed by atoms with Gasteiger partial charge in [-0.1, -0.05) is 0 Å². The van der Waals surface area contributed by atoms with E-state index in [0.717, 1.165) is 11.3 Å². The van der Waals surface area contributed by atoms with Crippen LogP contribution in [0.2, 0.25) is 0 Å². The third-order valence-electron chi connectivity index (χ3n) is 3.32. The molecule has 1 aromatic carbocycles. The van der Waals surface area contributed by atoms with Gasteiger partial charge < -0.3 is 14.4 Å². The number of ether oxygens (including phenoxy) is 1. The number of rotatable bonds is 5. The topological polar surface area (TPSA) is 68.5 Å². The molecule has 0 saturated heterocycles. The summed E-state index contributed by atoms with van der Waals surface area (Å²) in [4.78, 5) is 23.5. The van der Waals surface area contributed by atoms with Gasteiger partial charge in [0.2, 0.25) is 0 Å². The van der Waals surface area contributed by atoms with E-state index in [1.54, 1.807) is 6.07 Å². The largest absolute Gasteiger partial charge is 0.494 e. The molecule has 0 aliphatic rings. The monoisotopic (exact) mass is 301 g/mol. The number of aromatic nitrogens is 1. The quantitative estimate of drug-likeness (QED) is 0.921. The summed E-state index contributed by atoms with van der Waals surface area (Å²) in [6, 6.07) is 10.3. The number of carboxylic acids is 1. The molecule has 1 heterocycles. The van der Waals surface area contributed by atoms with E-state index in [0.29, 0.717) is 12.3 Å². The Labute approximate surface area is 128 Å². The molecule has 5 heteroatoms. The number of hydrogen-bond acceptors (Lipinski definition) is 3. The first-order valence-corrected chi connectivity index (χ1v) is 7.17. The average Bonchev–Trinajstić information content (AvgIpc) is 2.47. The van der Waals surface area contributed by atoms with Crippen LogP contribution in [0, 0.1) is 0 Å². The SMILES string of the molecule is CCOc1ccc(-c2ccc(C(=O)O)c(=O)n2C(C)C)cc1. The van der Waals surface area contributed by atoms with E-state index in [1.807, 2.05) is 45.0 Å². The van der Waals surface area contributed by atoms with E-state index in [9.17, 15) is 9.59 Å². The fourth-order valence-electron chi connectivity index (χ4n) is 2.35. The second kappa shape index (κ2) is 6.47. The van der Waals surface area contributed by atoms with Gasteiger partial charge in [0.15, 0.2) is 0 Å². The van der Waals surface area contributed by atoms with Crippen molar-refractivity contribution in [2.75, 3.05) is 6.61 Å². The number of carbonyl (C=O) groups is 1. The normalized spacial score (nSPS) is 10.7. The van der Waals surface area contributed by atoms with Crippen LogP contribution < -0.4 is 10.3 Å². The predicted molar refractivity (Wildman–Crippen MR) is 84.7 cm³/mol. The first-order valence-electron chi connectivity index (χ1n) is 7.17. The molecule has 0 amide bonds. The van der Waals surface area contributed by atoms with Crippen molar-refractivity contribution in [2.45, 2.75) is 26.8 Å². The number of benzene rings is 1. The molecule has 116 valence electrons. The van der Waals surface area contributed by atoms with Crippen molar-refractivity contribution >= 4 is 5.97 Å². The number of aromatic carboxylic acids is 1. The van der Waals surface area contributed by atoms with E-state index in [4.69, 9.17) is 9.84 Å². The van der Waals surface area contributed by atoms with Crippen LogP contribution in [-0.2, 0) is 0 Å². The molecule has 0 radical (unpaired) electrons. The standard InChI is InChI=1S/C17H19NO4/c1-4-22-13-7-5-12(6-8-13)15-10-9-14(17(20)21)16(19)18(15)11(2)3/h5-11H,4H2,1-3H3,(H,20,21). The lowest BCUT2D eigenvalue weighted by molar-refractivity contribution is 0.0694. The Balaban J connectivity index is 2.57. The van der Waals surface area contributed by atoms with Crippen LogP contribution in [0.15, 0.2) is 41.2 Å². The summed E-state index contributed by atoms with van der Waals surface area (Å²) in [7, 11) is 0. The molecule has 0 aliphatic carbocycles. The predicted octanol–water partition coefficient (Wildman–Crippen LogP) is 3.19. The lowest BCUT2D eigenvalue weighted by Gasteiger charge is -2.17. The van der Waals surface area contributed by atoms with Crippen molar-refractivity contribution in [2.24, 2.45) is 0 Å². The molecule has 0 bridgehead atoms. The third-order valence-corrected chi connectivity index (χ3v) is 3.32. The number of carboxylic acid groups (broad SMARTS) is 1. The Bertz CT molecular complexity index is 729. The van der Waals surface area contributed by atoms with Gasteiger partial charge in [0, 0.05) is 6.04 Å². The van der Waals surface area contributed by atoms with E-state index in [2.05, 4.69) is 0 Å². The molecule has 0 saturated carbocycles. The number of pyridine rings is 1. The van der Waals surface area contributed by atoms with E-state index >= 15 is 0 Å². The smallest absolute Gasteiger partial charge is 0.341 e. The van der Waals surface area contributed by atoms with Crippen LogP contribution in [0.3, 0.4) is 0 Å². The van der Waals surface area contributed by atoms with Crippen molar-refractivity contribution in [1.29, 1.82) is 0 Å². The minimum atomic E-state index is -1.21. The lowest BCUT2D eigenvalue weighted by Crippen LogP contribution is -2.28. The highest BCUT2D eigenvalue weighted by Gasteiger charge is 2.16. The zero-order valence-corrected chi connectivity index (χ0v) is 12.9. The summed E-state index contributed by atoms with van der Waals surface area (Å²) in [6.45, 7) is 6.20. The summed E-state index contributed by atoms with van der Waals surface area (Å²) in [5.74, 6) is -0.454. The van der Waals surface area contributed by atoms with E-state index in [-0.39, 0.29) is 11.6 Å². The minimum Gasteiger partial charge on any atom is -0.494 e. The summed E-state index contributed by atoms with van der Waals surface area (Å²) < 4.78 is 6.90. The van der Waals surface area contributed by atoms with Gasteiger partial charge in [-0.15, -0.1) is 0 Å². The van der Waals surface area contributed by atoms with Crippen LogP contribution in [0.1, 0.15) is 37.2 Å². The van der Waals surface area contributed by atoms with Crippen LogP contribution in [0.4, 0.5) is 0 Å². The van der Waals surface area contributed by atoms with Gasteiger partial charge in [-0.2, -0.15) is 0 Å². The van der Waals surface area contributed by atoms with Crippen molar-refractivity contribution in [3.8, 4) is 17.0 Å². The molecule has 0 spiro atoms. The fourth-order valence-corrected chi connectivity index (χ4v) is 2.35. The Morgan fingerprint density at radius 1 is 1.18 bits per heavy atom. The first-order chi connectivity index (χ1) is 10.5. The molecule has 5 nitrogen and oxygen atoms in total. The van der Waals surface area contributed by atoms with Crippen LogP contribution >= 0.6 is 0 Å². The summed E-state index contributed by atoms with van der Waals surface area (Å²) in [5.41, 5.74) is 0.816. The fraction of sp³-hybridized carbons (Fsp3) is 0.294. The van der Waals surface area contributed by atoms with Crippen molar-refractivity contribution in [1.82, 2.24) is 4.57 Å². The Kier molecular flexibility index (Phi) is 4.65. The molecule has 0 aliphatic heterocycles. The molecular weight excluding hydrogens is 282 g/mol. The maximum Gasteiger partial charge on any atom is 0.341 e. The first kappa shape index (κ1) is 15.8. The highest BCUT2D eigenvalue weighted by Crippen LogP contribution is 2.24. The van der Waals surface area contributed by atoms with Gasteiger partial charge in [-0.05, 0) is 62.7 Å². The minimum absolute atomic E-state index is 0.145. The maximum absolute atomic E-state index is 12.4. The Morgan fingerprint density at radius 2 is 1.82 bits per heavy atom. The lowest BCUT2D eigenvalue weighted by atomic mass is 10.1. The van der Waals surface area contributed by atoms with E-state index in [1.165, 1.54) is 10.6 Å². The van der Waals surface area contributed by atoms with Gasteiger partial charge in [0.1, 0.15) is 11.3 Å². The zero-order valence-electron chi connectivity index (χ0n) is 12.9. The van der Waals surface area contributed by atoms with Crippen LogP contribution in [0.5, 0.6) is 5.75 Å². The zero-order chi connectivity index (χ0) is 16.3. The second-order valence-electron chi connectivity index (χ2n) is 5.16. The summed E-state index contributed by atoms with van der Waals surface area (Å²) in [6.07, 6.45) is 0. The van der Waals surface area contributed by atoms with Crippen molar-refractivity contribution < 1.29 is 14.6 Å². The van der Waals surface area contributed by atoms with Gasteiger partial charge in [-0.25, -0.2) is 4.79 Å². The average molecular weight is 301 g/mol. The van der Waals surface area contributed by atoms with Gasteiger partial charge in [-0.3, -0.25) is 4.79 Å². The van der Waals surface area contributed by atoms with Crippen LogP contribution in [-0.4, -0.2) is 22.2 Å². The van der Waals surface area contributed by atoms with E-state index < -0.39 is 11.5 Å². The summed E-state index contributed by atoms with van der Waals surface area (Å²) >= 11 is 0. The highest BCUT2D eigenvalue weighted by molar-refractivity contribution is 5.87. The van der Waals surface area contributed by atoms with Crippen molar-refractivity contribution in [3.63, 3.8) is 0 Å². The molecule has 1 aromatic heterocycles. The molecule has 22 heavy (non-hydrogen) atoms. The summed E-state index contributed by atoms with van der Waals surface area (Å²) in [5, 5.41) is 9.10. The van der Waals surface area contributed by atoms with Gasteiger partial charge >= 0.3 is 5.97 Å². The third kappa shape index (κ3) is 3.03. The molecule has 2 rings (SSSR count). The molecule has 0 unspecified atom stereocenters. The van der Waals surface area contributed by atoms with Gasteiger partial charge in [0.25, 0.3) is 5.56 Å². The maximum atomic E-state index is 12.4. The second-order valence-corrected chi connectivity index (χ2v) is 5.16. The molecular formula is C17H19NO4. The van der Waals surface area contributed by atoms with Crippen molar-refractivity contribution in [3.05, 3.63) is 52.3 Å². The highest BCUT2D eigenvalue weighted by atomic mass is 16.5.